The monoisotopic (exact) mass is 209 g/mol. The van der Waals surface area contributed by atoms with E-state index in [9.17, 15) is 9.18 Å². The van der Waals surface area contributed by atoms with Crippen molar-refractivity contribution in [2.75, 3.05) is 18.5 Å². The molecule has 15 heavy (non-hydrogen) atoms. The molecule has 0 saturated heterocycles. The first-order valence-corrected chi connectivity index (χ1v) is 5.15. The van der Waals surface area contributed by atoms with Gasteiger partial charge in [0.25, 0.3) is 0 Å². The van der Waals surface area contributed by atoms with Gasteiger partial charge in [-0.25, -0.2) is 4.39 Å². The molecule has 1 aromatic rings. The summed E-state index contributed by atoms with van der Waals surface area (Å²) in [5.41, 5.74) is 0.925. The minimum Gasteiger partial charge on any atom is -0.372 e. The highest BCUT2D eigenvalue weighted by Crippen LogP contribution is 2.19. The summed E-state index contributed by atoms with van der Waals surface area (Å²) < 4.78 is 13.5. The van der Waals surface area contributed by atoms with E-state index in [0.717, 1.165) is 19.4 Å². The summed E-state index contributed by atoms with van der Waals surface area (Å²) >= 11 is 0. The standard InChI is InChI=1S/C12H16FNO/c1-3-4-7-14(2)12-6-5-10(9-15)8-11(12)13/h5-6,8-9H,3-4,7H2,1-2H3. The molecule has 1 rings (SSSR count). The maximum Gasteiger partial charge on any atom is 0.150 e. The summed E-state index contributed by atoms with van der Waals surface area (Å²) in [6, 6.07) is 4.55. The van der Waals surface area contributed by atoms with Crippen LogP contribution >= 0.6 is 0 Å². The van der Waals surface area contributed by atoms with Crippen LogP contribution in [0.25, 0.3) is 0 Å². The Morgan fingerprint density at radius 3 is 2.73 bits per heavy atom. The molecule has 0 radical (unpaired) electrons. The highest BCUT2D eigenvalue weighted by molar-refractivity contribution is 5.75. The van der Waals surface area contributed by atoms with Crippen LogP contribution in [0.15, 0.2) is 18.2 Å². The van der Waals surface area contributed by atoms with E-state index in [1.54, 1.807) is 12.1 Å². The van der Waals surface area contributed by atoms with Gasteiger partial charge in [0, 0.05) is 19.2 Å². The first-order valence-electron chi connectivity index (χ1n) is 5.15. The second-order valence-electron chi connectivity index (χ2n) is 3.60. The van der Waals surface area contributed by atoms with Gasteiger partial charge in [0.05, 0.1) is 5.69 Å². The highest BCUT2D eigenvalue weighted by atomic mass is 19.1. The van der Waals surface area contributed by atoms with Crippen molar-refractivity contribution < 1.29 is 9.18 Å². The van der Waals surface area contributed by atoms with E-state index in [1.165, 1.54) is 6.07 Å². The molecule has 0 atom stereocenters. The van der Waals surface area contributed by atoms with Crippen LogP contribution in [0.3, 0.4) is 0 Å². The van der Waals surface area contributed by atoms with Crippen molar-refractivity contribution >= 4 is 12.0 Å². The Morgan fingerprint density at radius 1 is 1.47 bits per heavy atom. The van der Waals surface area contributed by atoms with Crippen molar-refractivity contribution in [1.82, 2.24) is 0 Å². The van der Waals surface area contributed by atoms with Crippen molar-refractivity contribution in [1.29, 1.82) is 0 Å². The molecule has 0 spiro atoms. The van der Waals surface area contributed by atoms with Gasteiger partial charge in [-0.3, -0.25) is 4.79 Å². The van der Waals surface area contributed by atoms with Crippen LogP contribution in [0.1, 0.15) is 30.1 Å². The Hall–Kier alpha value is -1.38. The van der Waals surface area contributed by atoms with Crippen LogP contribution in [0, 0.1) is 5.82 Å². The summed E-state index contributed by atoms with van der Waals surface area (Å²) in [6.45, 7) is 2.92. The Morgan fingerprint density at radius 2 is 2.20 bits per heavy atom. The molecule has 82 valence electrons. The molecule has 0 aliphatic carbocycles. The fraction of sp³-hybridized carbons (Fsp3) is 0.417. The third-order valence-corrected chi connectivity index (χ3v) is 2.37. The number of unbranched alkanes of at least 4 members (excludes halogenated alkanes) is 1. The summed E-state index contributed by atoms with van der Waals surface area (Å²) in [5.74, 6) is -0.335. The molecule has 0 heterocycles. The molecule has 0 fully saturated rings. The number of anilines is 1. The summed E-state index contributed by atoms with van der Waals surface area (Å²) in [6.07, 6.45) is 2.77. The van der Waals surface area contributed by atoms with Gasteiger partial charge in [0.15, 0.2) is 0 Å². The summed E-state index contributed by atoms with van der Waals surface area (Å²) in [5, 5.41) is 0. The summed E-state index contributed by atoms with van der Waals surface area (Å²) in [4.78, 5) is 12.3. The average Bonchev–Trinajstić information content (AvgIpc) is 2.25. The third-order valence-electron chi connectivity index (χ3n) is 2.37. The van der Waals surface area contributed by atoms with E-state index in [-0.39, 0.29) is 5.82 Å². The Bertz CT molecular complexity index is 338. The van der Waals surface area contributed by atoms with Gasteiger partial charge in [0.1, 0.15) is 12.1 Å². The minimum absolute atomic E-state index is 0.335. The molecule has 0 saturated carbocycles. The molecule has 0 amide bonds. The lowest BCUT2D eigenvalue weighted by Crippen LogP contribution is -2.19. The normalized spacial score (nSPS) is 10.1. The van der Waals surface area contributed by atoms with E-state index < -0.39 is 0 Å². The number of hydrogen-bond acceptors (Lipinski definition) is 2. The minimum atomic E-state index is -0.335. The Labute approximate surface area is 89.7 Å². The summed E-state index contributed by atoms with van der Waals surface area (Å²) in [7, 11) is 1.86. The van der Waals surface area contributed by atoms with Gasteiger partial charge in [-0.15, -0.1) is 0 Å². The van der Waals surface area contributed by atoms with Crippen molar-refractivity contribution in [3.8, 4) is 0 Å². The number of aldehydes is 1. The zero-order chi connectivity index (χ0) is 11.3. The molecule has 1 aromatic carbocycles. The van der Waals surface area contributed by atoms with Crippen molar-refractivity contribution in [3.05, 3.63) is 29.6 Å². The van der Waals surface area contributed by atoms with E-state index in [0.29, 0.717) is 17.5 Å². The third kappa shape index (κ3) is 3.05. The molecule has 0 unspecified atom stereocenters. The van der Waals surface area contributed by atoms with Crippen LogP contribution < -0.4 is 4.90 Å². The van der Waals surface area contributed by atoms with Gasteiger partial charge in [-0.05, 0) is 24.6 Å². The number of halogens is 1. The van der Waals surface area contributed by atoms with E-state index >= 15 is 0 Å². The van der Waals surface area contributed by atoms with Crippen LogP contribution in [0.4, 0.5) is 10.1 Å². The van der Waals surface area contributed by atoms with E-state index in [2.05, 4.69) is 6.92 Å². The fourth-order valence-corrected chi connectivity index (χ4v) is 1.42. The predicted molar refractivity (Wildman–Crippen MR) is 60.0 cm³/mol. The molecule has 0 N–H and O–H groups in total. The zero-order valence-electron chi connectivity index (χ0n) is 9.16. The number of benzene rings is 1. The van der Waals surface area contributed by atoms with Gasteiger partial charge >= 0.3 is 0 Å². The van der Waals surface area contributed by atoms with Gasteiger partial charge in [-0.2, -0.15) is 0 Å². The lowest BCUT2D eigenvalue weighted by molar-refractivity contribution is 0.112. The second kappa shape index (κ2) is 5.49. The van der Waals surface area contributed by atoms with E-state index in [4.69, 9.17) is 0 Å². The number of hydrogen-bond donors (Lipinski definition) is 0. The Kier molecular flexibility index (Phi) is 4.28. The van der Waals surface area contributed by atoms with Crippen molar-refractivity contribution in [2.45, 2.75) is 19.8 Å². The van der Waals surface area contributed by atoms with Gasteiger partial charge < -0.3 is 4.90 Å². The molecule has 0 bridgehead atoms. The number of rotatable bonds is 5. The average molecular weight is 209 g/mol. The lowest BCUT2D eigenvalue weighted by atomic mass is 10.2. The first-order chi connectivity index (χ1) is 7.19. The molecule has 0 aliphatic heterocycles. The fourth-order valence-electron chi connectivity index (χ4n) is 1.42. The van der Waals surface area contributed by atoms with Crippen LogP contribution in [0.2, 0.25) is 0 Å². The predicted octanol–water partition coefficient (Wildman–Crippen LogP) is 2.87. The van der Waals surface area contributed by atoms with Crippen molar-refractivity contribution in [2.24, 2.45) is 0 Å². The van der Waals surface area contributed by atoms with Crippen molar-refractivity contribution in [3.63, 3.8) is 0 Å². The molecule has 3 heteroatoms. The molecular formula is C12H16FNO. The number of nitrogens with zero attached hydrogens (tertiary/aromatic N) is 1. The molecule has 0 aromatic heterocycles. The van der Waals surface area contributed by atoms with Crippen LogP contribution in [-0.4, -0.2) is 19.9 Å². The molecule has 0 aliphatic rings. The SMILES string of the molecule is CCCCN(C)c1ccc(C=O)cc1F. The van der Waals surface area contributed by atoms with Gasteiger partial charge in [0.2, 0.25) is 0 Å². The number of carbonyl (C=O) groups excluding carboxylic acids is 1. The van der Waals surface area contributed by atoms with Crippen LogP contribution in [0.5, 0.6) is 0 Å². The number of carbonyl (C=O) groups is 1. The van der Waals surface area contributed by atoms with Crippen LogP contribution in [-0.2, 0) is 0 Å². The maximum atomic E-state index is 13.5. The molecule has 2 nitrogen and oxygen atoms in total. The molecular weight excluding hydrogens is 193 g/mol. The topological polar surface area (TPSA) is 20.3 Å². The second-order valence-corrected chi connectivity index (χ2v) is 3.60. The Balaban J connectivity index is 2.80. The van der Waals surface area contributed by atoms with E-state index in [1.807, 2.05) is 11.9 Å². The lowest BCUT2D eigenvalue weighted by Gasteiger charge is -2.19. The first kappa shape index (κ1) is 11.7. The highest BCUT2D eigenvalue weighted by Gasteiger charge is 2.07. The zero-order valence-corrected chi connectivity index (χ0v) is 9.16. The quantitative estimate of drug-likeness (QED) is 0.695. The smallest absolute Gasteiger partial charge is 0.150 e. The van der Waals surface area contributed by atoms with Gasteiger partial charge in [-0.1, -0.05) is 13.3 Å². The maximum absolute atomic E-state index is 13.5. The largest absolute Gasteiger partial charge is 0.372 e.